The van der Waals surface area contributed by atoms with Crippen molar-refractivity contribution in [2.75, 3.05) is 5.32 Å². The van der Waals surface area contributed by atoms with Crippen LogP contribution in [0.2, 0.25) is 0 Å². The van der Waals surface area contributed by atoms with Gasteiger partial charge in [0.25, 0.3) is 0 Å². The highest BCUT2D eigenvalue weighted by Gasteiger charge is 2.24. The monoisotopic (exact) mass is 311 g/mol. The Labute approximate surface area is 123 Å². The van der Waals surface area contributed by atoms with E-state index in [4.69, 9.17) is 5.11 Å². The highest BCUT2D eigenvalue weighted by molar-refractivity contribution is 7.09. The van der Waals surface area contributed by atoms with Gasteiger partial charge in [-0.2, -0.15) is 5.10 Å². The van der Waals surface area contributed by atoms with Gasteiger partial charge < -0.3 is 10.4 Å². The van der Waals surface area contributed by atoms with Crippen LogP contribution < -0.4 is 5.32 Å². The molecule has 0 aliphatic heterocycles. The molecule has 2 heterocycles. The number of aromatic nitrogens is 3. The minimum atomic E-state index is -1.10. The highest BCUT2D eigenvalue weighted by atomic mass is 32.1. The third-order valence-corrected chi connectivity index (χ3v) is 3.60. The molecule has 0 saturated carbocycles. The molecule has 0 aromatic carbocycles. The lowest BCUT2D eigenvalue weighted by atomic mass is 10.4. The summed E-state index contributed by atoms with van der Waals surface area (Å²) < 4.78 is 1.50. The number of aromatic carboxylic acids is 1. The summed E-state index contributed by atoms with van der Waals surface area (Å²) in [5.74, 6) is -0.801. The third-order valence-electron chi connectivity index (χ3n) is 2.76. The van der Waals surface area contributed by atoms with Crippen LogP contribution in [0.4, 0.5) is 11.5 Å². The number of anilines is 1. The van der Waals surface area contributed by atoms with E-state index >= 15 is 0 Å². The second-order valence-corrected chi connectivity index (χ2v) is 5.08. The Kier molecular flexibility index (Phi) is 4.17. The van der Waals surface area contributed by atoms with Crippen LogP contribution in [0.3, 0.4) is 0 Å². The first-order chi connectivity index (χ1) is 9.93. The zero-order valence-corrected chi connectivity index (χ0v) is 12.2. The van der Waals surface area contributed by atoms with Crippen molar-refractivity contribution in [3.63, 3.8) is 0 Å². The minimum Gasteiger partial charge on any atom is -0.476 e. The van der Waals surface area contributed by atoms with Crippen LogP contribution in [0.15, 0.2) is 5.38 Å². The lowest BCUT2D eigenvalue weighted by Crippen LogP contribution is -2.08. The maximum absolute atomic E-state index is 11.1. The molecule has 0 aliphatic carbocycles. The Morgan fingerprint density at radius 3 is 2.86 bits per heavy atom. The molecule has 0 atom stereocenters. The van der Waals surface area contributed by atoms with Crippen LogP contribution in [0, 0.1) is 17.0 Å². The van der Waals surface area contributed by atoms with Crippen molar-refractivity contribution in [1.29, 1.82) is 0 Å². The van der Waals surface area contributed by atoms with Crippen LogP contribution >= 0.6 is 11.3 Å². The Balaban J connectivity index is 2.22. The molecule has 9 nitrogen and oxygen atoms in total. The summed E-state index contributed by atoms with van der Waals surface area (Å²) in [5.41, 5.74) is 0.216. The number of carboxylic acids is 1. The SMILES string of the molecule is CCn1nc(C)c([N+](=O)[O-])c1NCc1nc(C(=O)O)cs1. The normalized spacial score (nSPS) is 10.6. The van der Waals surface area contributed by atoms with Crippen LogP contribution in [0.1, 0.15) is 28.1 Å². The molecule has 0 fully saturated rings. The summed E-state index contributed by atoms with van der Waals surface area (Å²) in [6.45, 7) is 4.08. The van der Waals surface area contributed by atoms with Crippen molar-refractivity contribution >= 4 is 28.8 Å². The van der Waals surface area contributed by atoms with E-state index in [1.807, 2.05) is 6.92 Å². The molecule has 0 amide bonds. The van der Waals surface area contributed by atoms with E-state index in [0.717, 1.165) is 0 Å². The number of nitrogens with zero attached hydrogens (tertiary/aromatic N) is 4. The van der Waals surface area contributed by atoms with Gasteiger partial charge in [-0.1, -0.05) is 0 Å². The van der Waals surface area contributed by atoms with Crippen molar-refractivity contribution in [2.45, 2.75) is 26.9 Å². The molecule has 0 aliphatic rings. The molecule has 2 N–H and O–H groups in total. The number of rotatable bonds is 6. The first-order valence-electron chi connectivity index (χ1n) is 6.07. The van der Waals surface area contributed by atoms with E-state index in [1.165, 1.54) is 21.4 Å². The molecule has 0 unspecified atom stereocenters. The number of nitro groups is 1. The summed E-state index contributed by atoms with van der Waals surface area (Å²) in [6, 6.07) is 0. The van der Waals surface area contributed by atoms with Crippen molar-refractivity contribution in [3.05, 3.63) is 31.9 Å². The molecule has 10 heteroatoms. The number of hydrogen-bond acceptors (Lipinski definition) is 7. The number of hydrogen-bond donors (Lipinski definition) is 2. The van der Waals surface area contributed by atoms with E-state index in [9.17, 15) is 14.9 Å². The Morgan fingerprint density at radius 2 is 2.33 bits per heavy atom. The average molecular weight is 311 g/mol. The quantitative estimate of drug-likeness (QED) is 0.616. The van der Waals surface area contributed by atoms with Gasteiger partial charge >= 0.3 is 11.7 Å². The van der Waals surface area contributed by atoms with E-state index < -0.39 is 10.9 Å². The van der Waals surface area contributed by atoms with Gasteiger partial charge in [-0.25, -0.2) is 14.5 Å². The number of thiazole rings is 1. The fourth-order valence-electron chi connectivity index (χ4n) is 1.84. The molecule has 21 heavy (non-hydrogen) atoms. The largest absolute Gasteiger partial charge is 0.476 e. The van der Waals surface area contributed by atoms with Crippen molar-refractivity contribution in [2.24, 2.45) is 0 Å². The molecule has 0 spiro atoms. The number of carboxylic acid groups (broad SMARTS) is 1. The van der Waals surface area contributed by atoms with Gasteiger partial charge in [0.05, 0.1) is 11.5 Å². The molecule has 0 radical (unpaired) electrons. The highest BCUT2D eigenvalue weighted by Crippen LogP contribution is 2.28. The second-order valence-electron chi connectivity index (χ2n) is 4.14. The lowest BCUT2D eigenvalue weighted by molar-refractivity contribution is -0.384. The summed E-state index contributed by atoms with van der Waals surface area (Å²) in [5, 5.41) is 28.9. The molecular formula is C11H13N5O4S. The zero-order chi connectivity index (χ0) is 15.6. The first-order valence-corrected chi connectivity index (χ1v) is 6.95. The predicted octanol–water partition coefficient (Wildman–Crippen LogP) is 1.89. The smallest absolute Gasteiger partial charge is 0.355 e. The summed E-state index contributed by atoms with van der Waals surface area (Å²) >= 11 is 1.18. The van der Waals surface area contributed by atoms with E-state index in [2.05, 4.69) is 15.4 Å². The molecule has 2 aromatic rings. The Hall–Kier alpha value is -2.49. The van der Waals surface area contributed by atoms with E-state index in [0.29, 0.717) is 23.1 Å². The average Bonchev–Trinajstić information content (AvgIpc) is 3.00. The second kappa shape index (κ2) is 5.87. The topological polar surface area (TPSA) is 123 Å². The van der Waals surface area contributed by atoms with Gasteiger partial charge in [0.15, 0.2) is 5.69 Å². The number of aryl methyl sites for hydroxylation is 2. The summed E-state index contributed by atoms with van der Waals surface area (Å²) in [6.07, 6.45) is 0. The van der Waals surface area contributed by atoms with Crippen molar-refractivity contribution in [1.82, 2.24) is 14.8 Å². The van der Waals surface area contributed by atoms with Gasteiger partial charge in [-0.3, -0.25) is 10.1 Å². The van der Waals surface area contributed by atoms with Gasteiger partial charge in [0.2, 0.25) is 5.82 Å². The molecular weight excluding hydrogens is 298 g/mol. The lowest BCUT2D eigenvalue weighted by Gasteiger charge is -2.05. The van der Waals surface area contributed by atoms with Gasteiger partial charge in [0, 0.05) is 11.9 Å². The third kappa shape index (κ3) is 2.99. The van der Waals surface area contributed by atoms with Crippen LogP contribution in [-0.4, -0.2) is 30.8 Å². The first kappa shape index (κ1) is 14.9. The van der Waals surface area contributed by atoms with E-state index in [1.54, 1.807) is 6.92 Å². The van der Waals surface area contributed by atoms with Crippen LogP contribution in [0.5, 0.6) is 0 Å². The molecule has 2 rings (SSSR count). The maximum atomic E-state index is 11.1. The summed E-state index contributed by atoms with van der Waals surface area (Å²) in [7, 11) is 0. The van der Waals surface area contributed by atoms with Crippen LogP contribution in [-0.2, 0) is 13.1 Å². The molecule has 2 aromatic heterocycles. The fourth-order valence-corrected chi connectivity index (χ4v) is 2.55. The molecule has 112 valence electrons. The van der Waals surface area contributed by atoms with Crippen molar-refractivity contribution in [3.8, 4) is 0 Å². The zero-order valence-electron chi connectivity index (χ0n) is 11.4. The molecule has 0 bridgehead atoms. The van der Waals surface area contributed by atoms with Gasteiger partial charge in [-0.05, 0) is 13.8 Å². The number of nitrogens with one attached hydrogen (secondary N) is 1. The van der Waals surface area contributed by atoms with Gasteiger partial charge in [-0.15, -0.1) is 11.3 Å². The van der Waals surface area contributed by atoms with Gasteiger partial charge in [0.1, 0.15) is 10.7 Å². The maximum Gasteiger partial charge on any atom is 0.355 e. The fraction of sp³-hybridized carbons (Fsp3) is 0.364. The summed E-state index contributed by atoms with van der Waals surface area (Å²) in [4.78, 5) is 25.3. The minimum absolute atomic E-state index is 0.0357. The Bertz CT molecular complexity index is 693. The molecule has 0 saturated heterocycles. The standard InChI is InChI=1S/C11H13N5O4S/c1-3-15-10(9(16(19)20)6(2)14-15)12-4-8-13-7(5-21-8)11(17)18/h5,12H,3-4H2,1-2H3,(H,17,18). The van der Waals surface area contributed by atoms with E-state index in [-0.39, 0.29) is 17.9 Å². The number of carbonyl (C=O) groups is 1. The predicted molar refractivity (Wildman–Crippen MR) is 75.7 cm³/mol. The van der Waals surface area contributed by atoms with Crippen LogP contribution in [0.25, 0.3) is 0 Å². The van der Waals surface area contributed by atoms with Crippen molar-refractivity contribution < 1.29 is 14.8 Å². The Morgan fingerprint density at radius 1 is 1.62 bits per heavy atom.